The number of carbonyl (C=O) groups is 1. The van der Waals surface area contributed by atoms with Crippen LogP contribution in [-0.4, -0.2) is 11.9 Å². The van der Waals surface area contributed by atoms with Crippen LogP contribution < -0.4 is 5.32 Å². The minimum Gasteiger partial charge on any atom is -0.340 e. The van der Waals surface area contributed by atoms with E-state index in [1.165, 1.54) is 0 Å². The van der Waals surface area contributed by atoms with Crippen LogP contribution in [0.3, 0.4) is 0 Å². The molecule has 4 heteroatoms. The zero-order valence-corrected chi connectivity index (χ0v) is 10.7. The Balaban J connectivity index is 2.55. The molecule has 0 spiro atoms. The summed E-state index contributed by atoms with van der Waals surface area (Å²) in [6.07, 6.45) is 0.266. The number of nitrogens with zero attached hydrogens (tertiary/aromatic N) is 1. The summed E-state index contributed by atoms with van der Waals surface area (Å²) in [6.45, 7) is 3.80. The minimum absolute atomic E-state index is 0.106. The van der Waals surface area contributed by atoms with Gasteiger partial charge in [-0.25, -0.2) is 0 Å². The predicted octanol–water partition coefficient (Wildman–Crippen LogP) is 2.55. The molecule has 90 valence electrons. The summed E-state index contributed by atoms with van der Waals surface area (Å²) >= 11 is 5.75. The highest BCUT2D eigenvalue weighted by atomic mass is 35.5. The van der Waals surface area contributed by atoms with E-state index >= 15 is 0 Å². The lowest BCUT2D eigenvalue weighted by Gasteiger charge is -2.14. The lowest BCUT2D eigenvalue weighted by Crippen LogP contribution is -2.38. The normalized spacial score (nSPS) is 11.9. The molecule has 0 bridgehead atoms. The Hall–Kier alpha value is -1.53. The fourth-order valence-corrected chi connectivity index (χ4v) is 1.49. The number of nitrogens with one attached hydrogen (secondary N) is 1. The Morgan fingerprint density at radius 1 is 1.41 bits per heavy atom. The van der Waals surface area contributed by atoms with Crippen molar-refractivity contribution in [1.29, 1.82) is 5.26 Å². The van der Waals surface area contributed by atoms with Crippen LogP contribution >= 0.6 is 11.6 Å². The van der Waals surface area contributed by atoms with Gasteiger partial charge < -0.3 is 5.32 Å². The van der Waals surface area contributed by atoms with E-state index in [0.717, 1.165) is 5.56 Å². The van der Waals surface area contributed by atoms with Crippen molar-refractivity contribution in [3.63, 3.8) is 0 Å². The van der Waals surface area contributed by atoms with E-state index in [2.05, 4.69) is 11.4 Å². The summed E-state index contributed by atoms with van der Waals surface area (Å²) in [5, 5.41) is 12.2. The minimum atomic E-state index is -0.435. The first-order valence-electron chi connectivity index (χ1n) is 5.46. The summed E-state index contributed by atoms with van der Waals surface area (Å²) in [6, 6.07) is 8.74. The second-order valence-corrected chi connectivity index (χ2v) is 4.66. The summed E-state index contributed by atoms with van der Waals surface area (Å²) in [4.78, 5) is 11.7. The molecule has 0 aromatic heterocycles. The van der Waals surface area contributed by atoms with E-state index in [4.69, 9.17) is 16.9 Å². The van der Waals surface area contributed by atoms with Gasteiger partial charge in [0.1, 0.15) is 6.04 Å². The van der Waals surface area contributed by atoms with Crippen LogP contribution in [0.1, 0.15) is 19.4 Å². The van der Waals surface area contributed by atoms with Crippen LogP contribution in [0.4, 0.5) is 0 Å². The fraction of sp³-hybridized carbons (Fsp3) is 0.385. The molecule has 0 saturated heterocycles. The van der Waals surface area contributed by atoms with E-state index in [0.29, 0.717) is 5.02 Å². The molecule has 0 fully saturated rings. The van der Waals surface area contributed by atoms with Crippen LogP contribution in [-0.2, 0) is 11.2 Å². The molecule has 1 amide bonds. The Morgan fingerprint density at radius 2 is 2.00 bits per heavy atom. The molecule has 1 rings (SSSR count). The lowest BCUT2D eigenvalue weighted by atomic mass is 10.1. The molecule has 0 aliphatic carbocycles. The third-order valence-corrected chi connectivity index (χ3v) is 2.65. The van der Waals surface area contributed by atoms with Crippen molar-refractivity contribution in [1.82, 2.24) is 5.32 Å². The topological polar surface area (TPSA) is 52.9 Å². The number of nitriles is 1. The van der Waals surface area contributed by atoms with Crippen molar-refractivity contribution in [3.8, 4) is 6.07 Å². The van der Waals surface area contributed by atoms with Crippen LogP contribution in [0, 0.1) is 17.2 Å². The zero-order chi connectivity index (χ0) is 12.8. The van der Waals surface area contributed by atoms with Gasteiger partial charge in [-0.3, -0.25) is 4.79 Å². The Kier molecular flexibility index (Phi) is 4.99. The summed E-state index contributed by atoms with van der Waals surface area (Å²) in [7, 11) is 0. The highest BCUT2D eigenvalue weighted by Crippen LogP contribution is 2.10. The first-order chi connectivity index (χ1) is 8.02. The lowest BCUT2D eigenvalue weighted by molar-refractivity contribution is -0.121. The van der Waals surface area contributed by atoms with Gasteiger partial charge in [0, 0.05) is 5.02 Å². The Labute approximate surface area is 106 Å². The van der Waals surface area contributed by atoms with E-state index in [9.17, 15) is 4.79 Å². The van der Waals surface area contributed by atoms with Gasteiger partial charge in [-0.2, -0.15) is 5.26 Å². The monoisotopic (exact) mass is 250 g/mol. The molecule has 0 aliphatic rings. The average Bonchev–Trinajstić information content (AvgIpc) is 2.28. The SMILES string of the molecule is CC(C)C(C#N)NC(=O)Cc1ccc(Cl)cc1. The molecule has 0 saturated carbocycles. The maximum atomic E-state index is 11.7. The van der Waals surface area contributed by atoms with Gasteiger partial charge in [-0.05, 0) is 23.6 Å². The molecule has 0 heterocycles. The summed E-state index contributed by atoms with van der Waals surface area (Å²) < 4.78 is 0. The molecule has 1 unspecified atom stereocenters. The second-order valence-electron chi connectivity index (χ2n) is 4.22. The van der Waals surface area contributed by atoms with E-state index in [1.807, 2.05) is 13.8 Å². The molecule has 0 radical (unpaired) electrons. The number of benzene rings is 1. The summed E-state index contributed by atoms with van der Waals surface area (Å²) in [5.41, 5.74) is 0.882. The predicted molar refractivity (Wildman–Crippen MR) is 67.5 cm³/mol. The van der Waals surface area contributed by atoms with Crippen LogP contribution in [0.5, 0.6) is 0 Å². The van der Waals surface area contributed by atoms with Crippen LogP contribution in [0.2, 0.25) is 5.02 Å². The van der Waals surface area contributed by atoms with Crippen molar-refractivity contribution in [2.75, 3.05) is 0 Å². The highest BCUT2D eigenvalue weighted by molar-refractivity contribution is 6.30. The van der Waals surface area contributed by atoms with Gasteiger partial charge >= 0.3 is 0 Å². The van der Waals surface area contributed by atoms with Gasteiger partial charge in [0.05, 0.1) is 12.5 Å². The molecule has 1 aromatic carbocycles. The van der Waals surface area contributed by atoms with Crippen LogP contribution in [0.25, 0.3) is 0 Å². The first-order valence-corrected chi connectivity index (χ1v) is 5.84. The van der Waals surface area contributed by atoms with Crippen molar-refractivity contribution < 1.29 is 4.79 Å². The van der Waals surface area contributed by atoms with E-state index in [1.54, 1.807) is 24.3 Å². The van der Waals surface area contributed by atoms with Crippen LogP contribution in [0.15, 0.2) is 24.3 Å². The Bertz CT molecular complexity index is 420. The number of amides is 1. The van der Waals surface area contributed by atoms with Crippen molar-refractivity contribution in [2.45, 2.75) is 26.3 Å². The average molecular weight is 251 g/mol. The molecule has 17 heavy (non-hydrogen) atoms. The largest absolute Gasteiger partial charge is 0.340 e. The third kappa shape index (κ3) is 4.46. The molecule has 3 nitrogen and oxygen atoms in total. The van der Waals surface area contributed by atoms with Gasteiger partial charge in [0.2, 0.25) is 5.91 Å². The number of carbonyl (C=O) groups excluding carboxylic acids is 1. The molecule has 1 aromatic rings. The maximum absolute atomic E-state index is 11.7. The quantitative estimate of drug-likeness (QED) is 0.893. The molecular formula is C13H15ClN2O. The number of hydrogen-bond donors (Lipinski definition) is 1. The van der Waals surface area contributed by atoms with Crippen molar-refractivity contribution >= 4 is 17.5 Å². The van der Waals surface area contributed by atoms with E-state index in [-0.39, 0.29) is 18.2 Å². The molecular weight excluding hydrogens is 236 g/mol. The fourth-order valence-electron chi connectivity index (χ4n) is 1.36. The number of hydrogen-bond acceptors (Lipinski definition) is 2. The molecule has 1 atom stereocenters. The van der Waals surface area contributed by atoms with E-state index < -0.39 is 6.04 Å². The van der Waals surface area contributed by atoms with Gasteiger partial charge in [-0.1, -0.05) is 37.6 Å². The van der Waals surface area contributed by atoms with Gasteiger partial charge in [0.15, 0.2) is 0 Å². The number of halogens is 1. The molecule has 0 aliphatic heterocycles. The smallest absolute Gasteiger partial charge is 0.225 e. The first kappa shape index (κ1) is 13.5. The Morgan fingerprint density at radius 3 is 2.47 bits per heavy atom. The van der Waals surface area contributed by atoms with Gasteiger partial charge in [0.25, 0.3) is 0 Å². The summed E-state index contributed by atoms with van der Waals surface area (Å²) in [5.74, 6) is -0.0401. The third-order valence-electron chi connectivity index (χ3n) is 2.40. The number of rotatable bonds is 4. The molecule has 1 N–H and O–H groups in total. The zero-order valence-electron chi connectivity index (χ0n) is 9.90. The van der Waals surface area contributed by atoms with Crippen molar-refractivity contribution in [3.05, 3.63) is 34.9 Å². The second kappa shape index (κ2) is 6.27. The highest BCUT2D eigenvalue weighted by Gasteiger charge is 2.15. The maximum Gasteiger partial charge on any atom is 0.225 e. The van der Waals surface area contributed by atoms with Crippen molar-refractivity contribution in [2.24, 2.45) is 5.92 Å². The standard InChI is InChI=1S/C13H15ClN2O/c1-9(2)12(8-15)16-13(17)7-10-3-5-11(14)6-4-10/h3-6,9,12H,7H2,1-2H3,(H,16,17). The van der Waals surface area contributed by atoms with Gasteiger partial charge in [-0.15, -0.1) is 0 Å².